The van der Waals surface area contributed by atoms with Crippen LogP contribution in [0.3, 0.4) is 0 Å². The second-order valence-corrected chi connectivity index (χ2v) is 7.53. The topological polar surface area (TPSA) is 104 Å². The second kappa shape index (κ2) is 8.46. The zero-order valence-electron chi connectivity index (χ0n) is 16.5. The molecule has 0 aliphatic carbocycles. The number of nitrogens with one attached hydrogen (secondary N) is 2. The summed E-state index contributed by atoms with van der Waals surface area (Å²) in [5.41, 5.74) is 3.45. The number of methoxy groups -OCH3 is 1. The molecule has 0 amide bonds. The molecule has 4 rings (SSSR count). The van der Waals surface area contributed by atoms with E-state index < -0.39 is 5.97 Å². The average Bonchev–Trinajstić information content (AvgIpc) is 3.38. The number of aryl methyl sites for hydroxylation is 1. The minimum absolute atomic E-state index is 0.123. The number of aromatic nitrogens is 4. The molecule has 3 N–H and O–H groups in total. The number of carbonyl (C=O) groups is 1. The molecule has 0 atom stereocenters. The van der Waals surface area contributed by atoms with Gasteiger partial charge in [-0.1, -0.05) is 37.3 Å². The van der Waals surface area contributed by atoms with Gasteiger partial charge in [-0.25, -0.2) is 9.78 Å². The van der Waals surface area contributed by atoms with Gasteiger partial charge in [0.2, 0.25) is 5.16 Å². The van der Waals surface area contributed by atoms with Crippen molar-refractivity contribution in [3.63, 3.8) is 0 Å². The lowest BCUT2D eigenvalue weighted by Gasteiger charge is -2.04. The van der Waals surface area contributed by atoms with Crippen LogP contribution < -0.4 is 4.74 Å². The number of ether oxygens (including phenoxy) is 1. The third-order valence-electron chi connectivity index (χ3n) is 4.64. The van der Waals surface area contributed by atoms with Gasteiger partial charge in [-0.15, -0.1) is 5.10 Å². The molecule has 0 spiro atoms. The number of benzene rings is 2. The van der Waals surface area contributed by atoms with E-state index in [0.717, 1.165) is 39.5 Å². The van der Waals surface area contributed by atoms with Gasteiger partial charge in [0.15, 0.2) is 0 Å². The number of hydrogen-bond donors (Lipinski definition) is 3. The Hall–Kier alpha value is -3.52. The summed E-state index contributed by atoms with van der Waals surface area (Å²) in [7, 11) is 1.61. The van der Waals surface area contributed by atoms with Crippen molar-refractivity contribution < 1.29 is 14.6 Å². The summed E-state index contributed by atoms with van der Waals surface area (Å²) in [5, 5.41) is 18.0. The summed E-state index contributed by atoms with van der Waals surface area (Å²) in [6.07, 6.45) is 2.36. The lowest BCUT2D eigenvalue weighted by atomic mass is 10.0. The van der Waals surface area contributed by atoms with Gasteiger partial charge in [0.05, 0.1) is 12.8 Å². The molecule has 4 aromatic rings. The van der Waals surface area contributed by atoms with Crippen molar-refractivity contribution in [3.05, 3.63) is 64.8 Å². The molecule has 2 aromatic heterocycles. The van der Waals surface area contributed by atoms with Crippen LogP contribution in [-0.4, -0.2) is 38.4 Å². The van der Waals surface area contributed by atoms with E-state index in [-0.39, 0.29) is 4.91 Å². The number of aliphatic carboxylic acids is 1. The van der Waals surface area contributed by atoms with Gasteiger partial charge in [0.1, 0.15) is 16.5 Å². The van der Waals surface area contributed by atoms with Gasteiger partial charge in [-0.05, 0) is 41.6 Å². The highest BCUT2D eigenvalue weighted by Gasteiger charge is 2.18. The Bertz CT molecular complexity index is 1230. The molecule has 8 heteroatoms. The highest BCUT2D eigenvalue weighted by Crippen LogP contribution is 2.36. The summed E-state index contributed by atoms with van der Waals surface area (Å²) in [6.45, 7) is 1.95. The van der Waals surface area contributed by atoms with Gasteiger partial charge in [-0.3, -0.25) is 5.10 Å². The molecule has 0 aliphatic rings. The fourth-order valence-corrected chi connectivity index (χ4v) is 3.86. The minimum atomic E-state index is -1.04. The summed E-state index contributed by atoms with van der Waals surface area (Å²) < 4.78 is 5.38. The minimum Gasteiger partial charge on any atom is -0.497 e. The fourth-order valence-electron chi connectivity index (χ4n) is 3.15. The number of carboxylic acids is 1. The van der Waals surface area contributed by atoms with Crippen molar-refractivity contribution >= 4 is 34.7 Å². The third-order valence-corrected chi connectivity index (χ3v) is 5.52. The van der Waals surface area contributed by atoms with Crippen molar-refractivity contribution in [3.8, 4) is 17.0 Å². The third kappa shape index (κ3) is 3.95. The maximum atomic E-state index is 12.0. The molecular weight excluding hydrogens is 400 g/mol. The van der Waals surface area contributed by atoms with Gasteiger partial charge in [0.25, 0.3) is 0 Å². The van der Waals surface area contributed by atoms with Crippen LogP contribution in [0, 0.1) is 0 Å². The van der Waals surface area contributed by atoms with Crippen molar-refractivity contribution in [1.29, 1.82) is 0 Å². The van der Waals surface area contributed by atoms with Crippen LogP contribution in [0.5, 0.6) is 5.75 Å². The molecule has 7 nitrogen and oxygen atoms in total. The van der Waals surface area contributed by atoms with Crippen LogP contribution in [0.15, 0.2) is 58.6 Å². The van der Waals surface area contributed by atoms with Crippen LogP contribution >= 0.6 is 11.8 Å². The van der Waals surface area contributed by atoms with Crippen molar-refractivity contribution in [1.82, 2.24) is 20.2 Å². The molecule has 0 unspecified atom stereocenters. The summed E-state index contributed by atoms with van der Waals surface area (Å²) in [5.74, 6) is 0.366. The molecule has 2 heterocycles. The van der Waals surface area contributed by atoms with Gasteiger partial charge in [-0.2, -0.15) is 0 Å². The average molecular weight is 420 g/mol. The standard InChI is InChI=1S/C22H20N4O3S/c1-3-19-24-22(26-25-19)30-18(21(27)28)12-16-15-11-14(29-2)9-10-17(15)23-20(16)13-7-5-4-6-8-13/h4-12,23H,3H2,1-2H3,(H,27,28)(H,24,25,26)/b18-12-. The first-order chi connectivity index (χ1) is 14.6. The van der Waals surface area contributed by atoms with E-state index in [1.807, 2.05) is 55.5 Å². The van der Waals surface area contributed by atoms with E-state index in [1.165, 1.54) is 0 Å². The quantitative estimate of drug-likeness (QED) is 0.295. The number of hydrogen-bond acceptors (Lipinski definition) is 5. The Morgan fingerprint density at radius 1 is 1.23 bits per heavy atom. The zero-order valence-corrected chi connectivity index (χ0v) is 17.3. The maximum absolute atomic E-state index is 12.0. The zero-order chi connectivity index (χ0) is 21.1. The van der Waals surface area contributed by atoms with E-state index in [9.17, 15) is 9.90 Å². The first kappa shape index (κ1) is 19.8. The molecule has 0 radical (unpaired) electrons. The number of H-pyrrole nitrogens is 2. The summed E-state index contributed by atoms with van der Waals surface area (Å²) >= 11 is 1.02. The Morgan fingerprint density at radius 2 is 2.03 bits per heavy atom. The molecule has 0 aliphatic heterocycles. The second-order valence-electron chi connectivity index (χ2n) is 6.53. The molecule has 0 fully saturated rings. The van der Waals surface area contributed by atoms with Crippen LogP contribution in [0.2, 0.25) is 0 Å². The Kier molecular flexibility index (Phi) is 5.58. The number of rotatable bonds is 7. The lowest BCUT2D eigenvalue weighted by Crippen LogP contribution is -1.97. The van der Waals surface area contributed by atoms with E-state index in [0.29, 0.717) is 23.2 Å². The molecule has 0 saturated heterocycles. The predicted molar refractivity (Wildman–Crippen MR) is 118 cm³/mol. The van der Waals surface area contributed by atoms with Crippen LogP contribution in [0.1, 0.15) is 18.3 Å². The van der Waals surface area contributed by atoms with Crippen LogP contribution in [0.4, 0.5) is 0 Å². The van der Waals surface area contributed by atoms with E-state index in [1.54, 1.807) is 13.2 Å². The highest BCUT2D eigenvalue weighted by molar-refractivity contribution is 8.04. The van der Waals surface area contributed by atoms with E-state index in [2.05, 4.69) is 20.2 Å². The molecule has 152 valence electrons. The number of aromatic amines is 2. The van der Waals surface area contributed by atoms with Crippen LogP contribution in [-0.2, 0) is 11.2 Å². The highest BCUT2D eigenvalue weighted by atomic mass is 32.2. The SMILES string of the molecule is CCc1nc(S/C(=C\c2c(-c3ccccc3)[nH]c3ccc(OC)cc23)C(=O)O)n[nH]1. The normalized spacial score (nSPS) is 11.7. The number of carboxylic acid groups (broad SMARTS) is 1. The summed E-state index contributed by atoms with van der Waals surface area (Å²) in [4.78, 5) is 19.9. The van der Waals surface area contributed by atoms with Gasteiger partial charge in [0, 0.05) is 22.9 Å². The van der Waals surface area contributed by atoms with E-state index >= 15 is 0 Å². The van der Waals surface area contributed by atoms with Crippen molar-refractivity contribution in [2.24, 2.45) is 0 Å². The Balaban J connectivity index is 1.88. The van der Waals surface area contributed by atoms with Crippen molar-refractivity contribution in [2.75, 3.05) is 7.11 Å². The van der Waals surface area contributed by atoms with Crippen LogP contribution in [0.25, 0.3) is 28.2 Å². The Morgan fingerprint density at radius 3 is 2.70 bits per heavy atom. The fraction of sp³-hybridized carbons (Fsp3) is 0.136. The van der Waals surface area contributed by atoms with E-state index in [4.69, 9.17) is 4.74 Å². The molecule has 0 bridgehead atoms. The monoisotopic (exact) mass is 420 g/mol. The van der Waals surface area contributed by atoms with Crippen molar-refractivity contribution in [2.45, 2.75) is 18.5 Å². The summed E-state index contributed by atoms with van der Waals surface area (Å²) in [6, 6.07) is 15.5. The maximum Gasteiger partial charge on any atom is 0.342 e. The smallest absolute Gasteiger partial charge is 0.342 e. The first-order valence-corrected chi connectivity index (χ1v) is 10.2. The molecule has 0 saturated carbocycles. The Labute approximate surface area is 177 Å². The number of nitrogens with zero attached hydrogens (tertiary/aromatic N) is 2. The van der Waals surface area contributed by atoms with Gasteiger partial charge >= 0.3 is 5.97 Å². The number of thioether (sulfide) groups is 1. The molecular formula is C22H20N4O3S. The largest absolute Gasteiger partial charge is 0.497 e. The molecule has 30 heavy (non-hydrogen) atoms. The number of fused-ring (bicyclic) bond motifs is 1. The first-order valence-electron chi connectivity index (χ1n) is 9.38. The van der Waals surface area contributed by atoms with Gasteiger partial charge < -0.3 is 14.8 Å². The molecule has 2 aromatic carbocycles. The lowest BCUT2D eigenvalue weighted by molar-refractivity contribution is -0.131. The predicted octanol–water partition coefficient (Wildman–Crippen LogP) is 4.74.